The van der Waals surface area contributed by atoms with Gasteiger partial charge in [-0.3, -0.25) is 9.78 Å². The molecule has 0 unspecified atom stereocenters. The molecule has 1 aliphatic heterocycles. The van der Waals surface area contributed by atoms with Crippen molar-refractivity contribution in [1.29, 1.82) is 0 Å². The minimum Gasteiger partial charge on any atom is -0.399 e. The molecule has 5 nitrogen and oxygen atoms in total. The molecule has 2 aromatic heterocycles. The van der Waals surface area contributed by atoms with Crippen LogP contribution in [0.2, 0.25) is 5.02 Å². The zero-order valence-electron chi connectivity index (χ0n) is 16.4. The van der Waals surface area contributed by atoms with Gasteiger partial charge in [-0.05, 0) is 57.5 Å². The van der Waals surface area contributed by atoms with E-state index in [0.29, 0.717) is 22.5 Å². The maximum Gasteiger partial charge on any atom is 0.496 e. The first kappa shape index (κ1) is 19.2. The summed E-state index contributed by atoms with van der Waals surface area (Å²) in [7, 11) is -0.550. The summed E-state index contributed by atoms with van der Waals surface area (Å²) in [5, 5.41) is 1.22. The topological polar surface area (TPSA) is 53.4 Å². The van der Waals surface area contributed by atoms with Gasteiger partial charge >= 0.3 is 7.12 Å². The van der Waals surface area contributed by atoms with Crippen molar-refractivity contribution in [1.82, 2.24) is 9.55 Å². The average molecular weight is 397 g/mol. The average Bonchev–Trinajstić information content (AvgIpc) is 2.86. The third-order valence-electron chi connectivity index (χ3n) is 5.63. The second-order valence-electron chi connectivity index (χ2n) is 8.16. The molecule has 0 N–H and O–H groups in total. The Bertz CT molecular complexity index is 1080. The standard InChI is InChI=1S/C21H22BClN2O3/c1-20(2)21(3,4)28-22(27-20)15-11-17-18(24-12-15)9-10-25(19(17)26)13-14-5-7-16(23)8-6-14/h5-12H,13H2,1-4H3. The normalized spacial score (nSPS) is 18.0. The van der Waals surface area contributed by atoms with Crippen LogP contribution in [0.3, 0.4) is 0 Å². The first-order chi connectivity index (χ1) is 13.2. The fourth-order valence-electron chi connectivity index (χ4n) is 3.20. The maximum atomic E-state index is 13.0. The molecule has 3 aromatic rings. The van der Waals surface area contributed by atoms with Gasteiger partial charge in [0.25, 0.3) is 5.56 Å². The molecule has 28 heavy (non-hydrogen) atoms. The third-order valence-corrected chi connectivity index (χ3v) is 5.89. The van der Waals surface area contributed by atoms with Gasteiger partial charge in [0.1, 0.15) is 0 Å². The highest BCUT2D eigenvalue weighted by molar-refractivity contribution is 6.62. The second-order valence-corrected chi connectivity index (χ2v) is 8.60. The summed E-state index contributed by atoms with van der Waals surface area (Å²) in [5.74, 6) is 0. The van der Waals surface area contributed by atoms with Gasteiger partial charge in [-0.2, -0.15) is 0 Å². The highest BCUT2D eigenvalue weighted by Gasteiger charge is 2.51. The first-order valence-corrected chi connectivity index (χ1v) is 9.63. The van der Waals surface area contributed by atoms with Crippen molar-refractivity contribution in [3.8, 4) is 0 Å². The number of benzene rings is 1. The van der Waals surface area contributed by atoms with Crippen LogP contribution in [-0.2, 0) is 15.9 Å². The van der Waals surface area contributed by atoms with E-state index in [1.54, 1.807) is 17.0 Å². The van der Waals surface area contributed by atoms with E-state index in [1.165, 1.54) is 0 Å². The number of hydrogen-bond acceptors (Lipinski definition) is 4. The molecule has 1 aliphatic rings. The molecule has 1 fully saturated rings. The molecule has 0 saturated carbocycles. The molecule has 4 rings (SSSR count). The number of rotatable bonds is 3. The van der Waals surface area contributed by atoms with E-state index >= 15 is 0 Å². The Hall–Kier alpha value is -2.15. The molecule has 0 amide bonds. The van der Waals surface area contributed by atoms with E-state index in [-0.39, 0.29) is 5.56 Å². The predicted octanol–water partition coefficient (Wildman–Crippen LogP) is 3.40. The third kappa shape index (κ3) is 3.36. The minimum atomic E-state index is -0.550. The summed E-state index contributed by atoms with van der Waals surface area (Å²) >= 11 is 5.94. The van der Waals surface area contributed by atoms with E-state index < -0.39 is 18.3 Å². The number of halogens is 1. The molecule has 7 heteroatoms. The van der Waals surface area contributed by atoms with Crippen LogP contribution in [0, 0.1) is 0 Å². The summed E-state index contributed by atoms with van der Waals surface area (Å²) in [4.78, 5) is 17.5. The highest BCUT2D eigenvalue weighted by Crippen LogP contribution is 2.36. The van der Waals surface area contributed by atoms with Gasteiger partial charge in [0, 0.05) is 22.9 Å². The molecule has 0 aliphatic carbocycles. The Balaban J connectivity index is 1.70. The zero-order valence-corrected chi connectivity index (χ0v) is 17.2. The van der Waals surface area contributed by atoms with Crippen LogP contribution in [0.4, 0.5) is 0 Å². The van der Waals surface area contributed by atoms with E-state index in [0.717, 1.165) is 11.0 Å². The van der Waals surface area contributed by atoms with Gasteiger partial charge in [0.05, 0.1) is 28.6 Å². The number of fused-ring (bicyclic) bond motifs is 1. The van der Waals surface area contributed by atoms with Gasteiger partial charge in [-0.15, -0.1) is 0 Å². The van der Waals surface area contributed by atoms with Crippen LogP contribution in [0.5, 0.6) is 0 Å². The zero-order chi connectivity index (χ0) is 20.1. The Morgan fingerprint density at radius 1 is 1.07 bits per heavy atom. The quantitative estimate of drug-likeness (QED) is 0.637. The van der Waals surface area contributed by atoms with Gasteiger partial charge in [-0.25, -0.2) is 0 Å². The van der Waals surface area contributed by atoms with Crippen LogP contribution in [-0.4, -0.2) is 27.9 Å². The SMILES string of the molecule is CC1(C)OB(c2cnc3ccn(Cc4ccc(Cl)cc4)c(=O)c3c2)OC1(C)C. The van der Waals surface area contributed by atoms with Crippen LogP contribution >= 0.6 is 11.6 Å². The minimum absolute atomic E-state index is 0.0988. The van der Waals surface area contributed by atoms with Crippen molar-refractivity contribution in [3.05, 3.63) is 69.7 Å². The molecule has 1 saturated heterocycles. The fourth-order valence-corrected chi connectivity index (χ4v) is 3.32. The van der Waals surface area contributed by atoms with Crippen LogP contribution < -0.4 is 11.0 Å². The maximum absolute atomic E-state index is 13.0. The molecule has 0 spiro atoms. The lowest BCUT2D eigenvalue weighted by atomic mass is 9.80. The smallest absolute Gasteiger partial charge is 0.399 e. The van der Waals surface area contributed by atoms with Crippen molar-refractivity contribution in [3.63, 3.8) is 0 Å². The number of nitrogens with zero attached hydrogens (tertiary/aromatic N) is 2. The van der Waals surface area contributed by atoms with Crippen LogP contribution in [0.1, 0.15) is 33.3 Å². The van der Waals surface area contributed by atoms with Crippen molar-refractivity contribution >= 4 is 35.1 Å². The molecule has 0 radical (unpaired) electrons. The molecular formula is C21H22BClN2O3. The number of pyridine rings is 2. The van der Waals surface area contributed by atoms with Gasteiger partial charge in [0.2, 0.25) is 0 Å². The fraction of sp³-hybridized carbons (Fsp3) is 0.333. The Morgan fingerprint density at radius 3 is 2.36 bits per heavy atom. The second kappa shape index (κ2) is 6.73. The van der Waals surface area contributed by atoms with Gasteiger partial charge < -0.3 is 13.9 Å². The van der Waals surface area contributed by atoms with Crippen LogP contribution in [0.25, 0.3) is 10.9 Å². The van der Waals surface area contributed by atoms with Gasteiger partial charge in [-0.1, -0.05) is 23.7 Å². The number of hydrogen-bond donors (Lipinski definition) is 0. The predicted molar refractivity (Wildman–Crippen MR) is 112 cm³/mol. The summed E-state index contributed by atoms with van der Waals surface area (Å²) in [6.07, 6.45) is 3.48. The highest BCUT2D eigenvalue weighted by atomic mass is 35.5. The summed E-state index contributed by atoms with van der Waals surface area (Å²) < 4.78 is 13.9. The van der Waals surface area contributed by atoms with E-state index in [2.05, 4.69) is 4.98 Å². The molecular weight excluding hydrogens is 375 g/mol. The molecule has 144 valence electrons. The monoisotopic (exact) mass is 396 g/mol. The van der Waals surface area contributed by atoms with Crippen molar-refractivity contribution < 1.29 is 9.31 Å². The Kier molecular flexibility index (Phi) is 4.61. The lowest BCUT2D eigenvalue weighted by molar-refractivity contribution is 0.00578. The van der Waals surface area contributed by atoms with Gasteiger partial charge in [0.15, 0.2) is 0 Å². The number of aromatic nitrogens is 2. The molecule has 0 atom stereocenters. The molecule has 0 bridgehead atoms. The molecule has 1 aromatic carbocycles. The van der Waals surface area contributed by atoms with E-state index in [4.69, 9.17) is 20.9 Å². The summed E-state index contributed by atoms with van der Waals surface area (Å²) in [5.41, 5.74) is 1.40. The van der Waals surface area contributed by atoms with Crippen molar-refractivity contribution in [2.45, 2.75) is 45.4 Å². The van der Waals surface area contributed by atoms with Crippen LogP contribution in [0.15, 0.2) is 53.6 Å². The lowest BCUT2D eigenvalue weighted by Gasteiger charge is -2.32. The van der Waals surface area contributed by atoms with E-state index in [1.807, 2.05) is 64.1 Å². The molecule has 3 heterocycles. The summed E-state index contributed by atoms with van der Waals surface area (Å²) in [6.45, 7) is 8.47. The first-order valence-electron chi connectivity index (χ1n) is 9.25. The Morgan fingerprint density at radius 2 is 1.71 bits per heavy atom. The van der Waals surface area contributed by atoms with Crippen molar-refractivity contribution in [2.75, 3.05) is 0 Å². The van der Waals surface area contributed by atoms with Crippen molar-refractivity contribution in [2.24, 2.45) is 0 Å². The Labute approximate surface area is 169 Å². The lowest BCUT2D eigenvalue weighted by Crippen LogP contribution is -2.41. The largest absolute Gasteiger partial charge is 0.496 e. The van der Waals surface area contributed by atoms with E-state index in [9.17, 15) is 4.79 Å². The summed E-state index contributed by atoms with van der Waals surface area (Å²) in [6, 6.07) is 11.1.